The van der Waals surface area contributed by atoms with Crippen LogP contribution in [0.2, 0.25) is 0 Å². The number of nitriles is 1. The maximum absolute atomic E-state index is 12.1. The first-order chi connectivity index (χ1) is 6.96. The molecule has 0 unspecified atom stereocenters. The van der Waals surface area contributed by atoms with E-state index in [0.29, 0.717) is 0 Å². The van der Waals surface area contributed by atoms with E-state index in [0.717, 1.165) is 0 Å². The minimum absolute atomic E-state index is 0.0577. The third kappa shape index (κ3) is 2.56. The highest BCUT2D eigenvalue weighted by molar-refractivity contribution is 5.92. The van der Waals surface area contributed by atoms with E-state index in [2.05, 4.69) is 0 Å². The molecular weight excluding hydrogens is 207 g/mol. The van der Waals surface area contributed by atoms with E-state index in [9.17, 15) is 18.0 Å². The summed E-state index contributed by atoms with van der Waals surface area (Å²) in [5.41, 5.74) is 0.0577. The Hall–Kier alpha value is -1.83. The first-order valence-electron chi connectivity index (χ1n) is 4.02. The van der Waals surface area contributed by atoms with Gasteiger partial charge in [-0.25, -0.2) is 0 Å². The van der Waals surface area contributed by atoms with Gasteiger partial charge in [0, 0.05) is 0 Å². The van der Waals surface area contributed by atoms with E-state index >= 15 is 0 Å². The van der Waals surface area contributed by atoms with Crippen LogP contribution >= 0.6 is 0 Å². The quantitative estimate of drug-likeness (QED) is 0.756. The fourth-order valence-electron chi connectivity index (χ4n) is 1.09. The largest absolute Gasteiger partial charge is 0.451 e. The fourth-order valence-corrected chi connectivity index (χ4v) is 1.09. The third-order valence-electron chi connectivity index (χ3n) is 1.80. The molecule has 78 valence electrons. The Morgan fingerprint density at radius 3 is 2.20 bits per heavy atom. The molecule has 0 saturated heterocycles. The van der Waals surface area contributed by atoms with E-state index in [4.69, 9.17) is 5.26 Å². The minimum atomic E-state index is -4.98. The number of ketones is 1. The molecule has 0 fully saturated rings. The first kappa shape index (κ1) is 11.2. The number of carbonyl (C=O) groups excluding carboxylic acids is 1. The van der Waals surface area contributed by atoms with Crippen LogP contribution in [-0.2, 0) is 4.79 Å². The number of carbonyl (C=O) groups is 1. The van der Waals surface area contributed by atoms with Gasteiger partial charge in [-0.2, -0.15) is 18.4 Å². The highest BCUT2D eigenvalue weighted by Crippen LogP contribution is 2.26. The molecule has 0 spiro atoms. The minimum Gasteiger partial charge on any atom is -0.288 e. The van der Waals surface area contributed by atoms with Crippen LogP contribution in [0.25, 0.3) is 0 Å². The molecule has 1 atom stereocenters. The van der Waals surface area contributed by atoms with Crippen LogP contribution in [-0.4, -0.2) is 12.0 Å². The van der Waals surface area contributed by atoms with Crippen molar-refractivity contribution < 1.29 is 18.0 Å². The second kappa shape index (κ2) is 4.13. The predicted octanol–water partition coefficient (Wildman–Crippen LogP) is 2.43. The highest BCUT2D eigenvalue weighted by atomic mass is 19.4. The van der Waals surface area contributed by atoms with Gasteiger partial charge in [-0.3, -0.25) is 4.79 Å². The van der Waals surface area contributed by atoms with Gasteiger partial charge in [-0.1, -0.05) is 30.3 Å². The summed E-state index contributed by atoms with van der Waals surface area (Å²) >= 11 is 0. The monoisotopic (exact) mass is 213 g/mol. The van der Waals surface area contributed by atoms with Gasteiger partial charge in [0.25, 0.3) is 5.78 Å². The van der Waals surface area contributed by atoms with Crippen molar-refractivity contribution in [2.45, 2.75) is 12.1 Å². The van der Waals surface area contributed by atoms with Crippen molar-refractivity contribution in [1.82, 2.24) is 0 Å². The van der Waals surface area contributed by atoms with Crippen LogP contribution in [0.4, 0.5) is 13.2 Å². The van der Waals surface area contributed by atoms with E-state index in [1.807, 2.05) is 0 Å². The molecule has 0 radical (unpaired) electrons. The molecule has 2 nitrogen and oxygen atoms in total. The molecule has 0 N–H and O–H groups in total. The average molecular weight is 213 g/mol. The number of alkyl halides is 3. The molecule has 0 aliphatic carbocycles. The Morgan fingerprint density at radius 1 is 1.27 bits per heavy atom. The molecule has 0 amide bonds. The molecule has 0 aliphatic rings. The van der Waals surface area contributed by atoms with Crippen LogP contribution in [0.15, 0.2) is 30.3 Å². The summed E-state index contributed by atoms with van der Waals surface area (Å²) in [5.74, 6) is -3.80. The Labute approximate surface area is 83.9 Å². The second-order valence-electron chi connectivity index (χ2n) is 2.83. The third-order valence-corrected chi connectivity index (χ3v) is 1.80. The van der Waals surface area contributed by atoms with E-state index in [-0.39, 0.29) is 5.56 Å². The topological polar surface area (TPSA) is 40.9 Å². The SMILES string of the molecule is N#C[C@H](C(=O)C(F)(F)F)c1ccccc1. The van der Waals surface area contributed by atoms with Gasteiger partial charge >= 0.3 is 6.18 Å². The Kier molecular flexibility index (Phi) is 3.10. The molecule has 1 aromatic carbocycles. The number of hydrogen-bond donors (Lipinski definition) is 0. The van der Waals surface area contributed by atoms with Crippen molar-refractivity contribution in [3.8, 4) is 6.07 Å². The first-order valence-corrected chi connectivity index (χ1v) is 4.02. The maximum Gasteiger partial charge on any atom is 0.451 e. The summed E-state index contributed by atoms with van der Waals surface area (Å²) in [6, 6.07) is 8.53. The van der Waals surface area contributed by atoms with Crippen LogP contribution < -0.4 is 0 Å². The van der Waals surface area contributed by atoms with Gasteiger partial charge in [-0.15, -0.1) is 0 Å². The van der Waals surface area contributed by atoms with Gasteiger partial charge < -0.3 is 0 Å². The van der Waals surface area contributed by atoms with Gasteiger partial charge in [0.05, 0.1) is 6.07 Å². The van der Waals surface area contributed by atoms with E-state index in [1.165, 1.54) is 30.3 Å². The number of Topliss-reactive ketones (excluding diaryl/α,β-unsaturated/α-hetero) is 1. The molecule has 1 rings (SSSR count). The van der Waals surface area contributed by atoms with Crippen molar-refractivity contribution in [1.29, 1.82) is 5.26 Å². The lowest BCUT2D eigenvalue weighted by atomic mass is 9.96. The standard InChI is InChI=1S/C10H6F3NO/c11-10(12,13)9(15)8(6-14)7-4-2-1-3-5-7/h1-5,8H/t8-/m0/s1. The lowest BCUT2D eigenvalue weighted by Gasteiger charge is -2.10. The maximum atomic E-state index is 12.1. The molecule has 15 heavy (non-hydrogen) atoms. The Bertz CT molecular complexity index is 391. The summed E-state index contributed by atoms with van der Waals surface area (Å²) in [6.45, 7) is 0. The number of rotatable bonds is 2. The summed E-state index contributed by atoms with van der Waals surface area (Å²) in [5, 5.41) is 8.54. The van der Waals surface area contributed by atoms with Gasteiger partial charge in [-0.05, 0) is 5.56 Å². The van der Waals surface area contributed by atoms with Crippen LogP contribution in [0.3, 0.4) is 0 Å². The lowest BCUT2D eigenvalue weighted by Crippen LogP contribution is -2.28. The van der Waals surface area contributed by atoms with Crippen molar-refractivity contribution >= 4 is 5.78 Å². The van der Waals surface area contributed by atoms with Crippen molar-refractivity contribution in [3.05, 3.63) is 35.9 Å². The second-order valence-corrected chi connectivity index (χ2v) is 2.83. The van der Waals surface area contributed by atoms with Crippen molar-refractivity contribution in [2.24, 2.45) is 0 Å². The van der Waals surface area contributed by atoms with E-state index in [1.54, 1.807) is 6.07 Å². The summed E-state index contributed by atoms with van der Waals surface area (Å²) in [6.07, 6.45) is -4.98. The average Bonchev–Trinajstić information content (AvgIpc) is 2.19. The van der Waals surface area contributed by atoms with Crippen LogP contribution in [0, 0.1) is 11.3 Å². The predicted molar refractivity (Wildman–Crippen MR) is 45.9 cm³/mol. The van der Waals surface area contributed by atoms with Crippen molar-refractivity contribution in [2.75, 3.05) is 0 Å². The number of nitrogens with zero attached hydrogens (tertiary/aromatic N) is 1. The molecule has 0 aromatic heterocycles. The number of benzene rings is 1. The fraction of sp³-hybridized carbons (Fsp3) is 0.200. The van der Waals surface area contributed by atoms with Crippen molar-refractivity contribution in [3.63, 3.8) is 0 Å². The van der Waals surface area contributed by atoms with Gasteiger partial charge in [0.15, 0.2) is 0 Å². The zero-order valence-corrected chi connectivity index (χ0v) is 7.45. The molecule has 0 aliphatic heterocycles. The molecule has 5 heteroatoms. The molecule has 0 saturated carbocycles. The summed E-state index contributed by atoms with van der Waals surface area (Å²) in [4.78, 5) is 10.8. The molecule has 1 aromatic rings. The Morgan fingerprint density at radius 2 is 1.80 bits per heavy atom. The molecule has 0 heterocycles. The normalized spacial score (nSPS) is 12.9. The van der Waals surface area contributed by atoms with Gasteiger partial charge in [0.2, 0.25) is 0 Å². The molecule has 0 bridgehead atoms. The summed E-state index contributed by atoms with van der Waals surface area (Å²) in [7, 11) is 0. The Balaban J connectivity index is 3.03. The number of halogens is 3. The lowest BCUT2D eigenvalue weighted by molar-refractivity contribution is -0.171. The zero-order valence-electron chi connectivity index (χ0n) is 7.45. The summed E-state index contributed by atoms with van der Waals surface area (Å²) < 4.78 is 36.2. The number of hydrogen-bond acceptors (Lipinski definition) is 2. The van der Waals surface area contributed by atoms with Crippen LogP contribution in [0.5, 0.6) is 0 Å². The zero-order chi connectivity index (χ0) is 11.5. The van der Waals surface area contributed by atoms with Gasteiger partial charge in [0.1, 0.15) is 5.92 Å². The van der Waals surface area contributed by atoms with Crippen LogP contribution in [0.1, 0.15) is 11.5 Å². The highest BCUT2D eigenvalue weighted by Gasteiger charge is 2.44. The van der Waals surface area contributed by atoms with E-state index < -0.39 is 17.9 Å². The molecular formula is C10H6F3NO. The smallest absolute Gasteiger partial charge is 0.288 e.